The van der Waals surface area contributed by atoms with E-state index in [1.54, 1.807) is 0 Å². The highest BCUT2D eigenvalue weighted by molar-refractivity contribution is 5.48. The zero-order valence-corrected chi connectivity index (χ0v) is 9.07. The molecule has 2 rings (SSSR count). The Morgan fingerprint density at radius 2 is 1.65 bits per heavy atom. The van der Waals surface area contributed by atoms with E-state index < -0.39 is 29.0 Å². The van der Waals surface area contributed by atoms with Crippen molar-refractivity contribution in [1.29, 1.82) is 0 Å². The second-order valence-corrected chi connectivity index (χ2v) is 4.01. The fourth-order valence-electron chi connectivity index (χ4n) is 1.78. The average Bonchev–Trinajstić information content (AvgIpc) is 2.24. The first-order chi connectivity index (χ1) is 8.02. The van der Waals surface area contributed by atoms with Gasteiger partial charge in [0.1, 0.15) is 5.69 Å². The number of benzene rings is 1. The zero-order valence-electron chi connectivity index (χ0n) is 9.07. The quantitative estimate of drug-likeness (QED) is 0.657. The van der Waals surface area contributed by atoms with Crippen LogP contribution in [0.4, 0.5) is 23.2 Å². The maximum absolute atomic E-state index is 13.3. The molecular formula is C11H11F4NO. The van der Waals surface area contributed by atoms with Crippen molar-refractivity contribution >= 4 is 5.69 Å². The molecule has 1 aromatic carbocycles. The van der Waals surface area contributed by atoms with E-state index in [1.165, 1.54) is 7.11 Å². The molecule has 0 radical (unpaired) electrons. The number of nitrogens with one attached hydrogen (secondary N) is 1. The number of hydrogen-bond donors (Lipinski definition) is 1. The summed E-state index contributed by atoms with van der Waals surface area (Å²) in [7, 11) is 1.53. The van der Waals surface area contributed by atoms with Gasteiger partial charge in [-0.2, -0.15) is 0 Å². The fraction of sp³-hybridized carbons (Fsp3) is 0.455. The molecule has 1 fully saturated rings. The Morgan fingerprint density at radius 3 is 2.12 bits per heavy atom. The summed E-state index contributed by atoms with van der Waals surface area (Å²) in [4.78, 5) is 0. The van der Waals surface area contributed by atoms with Crippen molar-refractivity contribution in [3.05, 3.63) is 29.3 Å². The highest BCUT2D eigenvalue weighted by Crippen LogP contribution is 2.30. The van der Waals surface area contributed by atoms with Crippen LogP contribution in [0.3, 0.4) is 0 Å². The van der Waals surface area contributed by atoms with Gasteiger partial charge in [0.25, 0.3) is 0 Å². The lowest BCUT2D eigenvalue weighted by Gasteiger charge is -2.35. The Hall–Kier alpha value is -1.30. The number of anilines is 1. The summed E-state index contributed by atoms with van der Waals surface area (Å²) < 4.78 is 57.3. The van der Waals surface area contributed by atoms with Gasteiger partial charge in [-0.05, 0) is 12.8 Å². The smallest absolute Gasteiger partial charge is 0.185 e. The first kappa shape index (κ1) is 12.2. The topological polar surface area (TPSA) is 21.3 Å². The van der Waals surface area contributed by atoms with E-state index in [1.807, 2.05) is 0 Å². The maximum Gasteiger partial charge on any atom is 0.185 e. The molecule has 0 bridgehead atoms. The second kappa shape index (κ2) is 4.52. The van der Waals surface area contributed by atoms with Gasteiger partial charge in [-0.25, -0.2) is 17.6 Å². The molecule has 0 atom stereocenters. The van der Waals surface area contributed by atoms with E-state index in [9.17, 15) is 17.6 Å². The van der Waals surface area contributed by atoms with Gasteiger partial charge < -0.3 is 10.1 Å². The molecule has 1 N–H and O–H groups in total. The largest absolute Gasteiger partial charge is 0.381 e. The minimum Gasteiger partial charge on any atom is -0.381 e. The van der Waals surface area contributed by atoms with Crippen LogP contribution in [-0.4, -0.2) is 19.3 Å². The molecule has 17 heavy (non-hydrogen) atoms. The van der Waals surface area contributed by atoms with Crippen molar-refractivity contribution in [1.82, 2.24) is 0 Å². The minimum absolute atomic E-state index is 0.0250. The van der Waals surface area contributed by atoms with Crippen molar-refractivity contribution in [2.24, 2.45) is 0 Å². The minimum atomic E-state index is -1.41. The van der Waals surface area contributed by atoms with Gasteiger partial charge in [-0.3, -0.25) is 0 Å². The monoisotopic (exact) mass is 249 g/mol. The SMILES string of the molecule is COC1CC(Nc2c(F)c(F)cc(F)c2F)C1. The van der Waals surface area contributed by atoms with E-state index in [4.69, 9.17) is 4.74 Å². The molecule has 0 aliphatic heterocycles. The molecule has 0 spiro atoms. The second-order valence-electron chi connectivity index (χ2n) is 4.01. The van der Waals surface area contributed by atoms with Gasteiger partial charge in [0.2, 0.25) is 0 Å². The molecule has 0 saturated heterocycles. The van der Waals surface area contributed by atoms with Crippen LogP contribution in [0, 0.1) is 23.3 Å². The summed E-state index contributed by atoms with van der Waals surface area (Å²) >= 11 is 0. The van der Waals surface area contributed by atoms with E-state index in [-0.39, 0.29) is 18.2 Å². The Balaban J connectivity index is 2.16. The van der Waals surface area contributed by atoms with Crippen molar-refractivity contribution in [2.75, 3.05) is 12.4 Å². The highest BCUT2D eigenvalue weighted by Gasteiger charge is 2.31. The Bertz CT molecular complexity index is 406. The zero-order chi connectivity index (χ0) is 12.6. The molecule has 0 aromatic heterocycles. The molecular weight excluding hydrogens is 238 g/mol. The van der Waals surface area contributed by atoms with Gasteiger partial charge in [0, 0.05) is 19.2 Å². The molecule has 0 unspecified atom stereocenters. The summed E-state index contributed by atoms with van der Waals surface area (Å²) in [5.41, 5.74) is -0.748. The number of methoxy groups -OCH3 is 1. The Labute approximate surface area is 95.6 Å². The van der Waals surface area contributed by atoms with Crippen LogP contribution in [0.2, 0.25) is 0 Å². The molecule has 1 aliphatic carbocycles. The first-order valence-electron chi connectivity index (χ1n) is 5.15. The molecule has 6 heteroatoms. The third-order valence-electron chi connectivity index (χ3n) is 2.89. The predicted octanol–water partition coefficient (Wildman–Crippen LogP) is 2.83. The summed E-state index contributed by atoms with van der Waals surface area (Å²) in [6.45, 7) is 0. The van der Waals surface area contributed by atoms with Crippen LogP contribution in [-0.2, 0) is 4.74 Å². The summed E-state index contributed by atoms with van der Waals surface area (Å²) in [5, 5.41) is 2.45. The van der Waals surface area contributed by atoms with Crippen molar-refractivity contribution in [2.45, 2.75) is 25.0 Å². The molecule has 94 valence electrons. The number of hydrogen-bond acceptors (Lipinski definition) is 2. The molecule has 1 aliphatic rings. The molecule has 1 saturated carbocycles. The van der Waals surface area contributed by atoms with E-state index in [2.05, 4.69) is 5.32 Å². The van der Waals surface area contributed by atoms with Crippen molar-refractivity contribution < 1.29 is 22.3 Å². The standard InChI is InChI=1S/C11H11F4NO/c1-17-6-2-5(3-6)16-11-9(14)7(12)4-8(13)10(11)15/h4-6,16H,2-3H2,1H3. The van der Waals surface area contributed by atoms with E-state index in [0.29, 0.717) is 12.8 Å². The van der Waals surface area contributed by atoms with Gasteiger partial charge in [-0.1, -0.05) is 0 Å². The van der Waals surface area contributed by atoms with E-state index in [0.717, 1.165) is 0 Å². The van der Waals surface area contributed by atoms with Crippen LogP contribution in [0.25, 0.3) is 0 Å². The normalized spacial score (nSPS) is 23.4. The molecule has 1 aromatic rings. The van der Waals surface area contributed by atoms with Crippen LogP contribution in [0.1, 0.15) is 12.8 Å². The molecule has 0 amide bonds. The Morgan fingerprint density at radius 1 is 1.12 bits per heavy atom. The van der Waals surface area contributed by atoms with Crippen LogP contribution in [0.15, 0.2) is 6.07 Å². The highest BCUT2D eigenvalue weighted by atomic mass is 19.2. The summed E-state index contributed by atoms with van der Waals surface area (Å²) in [6.07, 6.45) is 1.12. The molecule has 2 nitrogen and oxygen atoms in total. The fourth-order valence-corrected chi connectivity index (χ4v) is 1.78. The lowest BCUT2D eigenvalue weighted by Crippen LogP contribution is -2.40. The predicted molar refractivity (Wildman–Crippen MR) is 53.7 cm³/mol. The maximum atomic E-state index is 13.3. The lowest BCUT2D eigenvalue weighted by molar-refractivity contribution is 0.0327. The first-order valence-corrected chi connectivity index (χ1v) is 5.15. The Kier molecular flexibility index (Phi) is 3.24. The van der Waals surface area contributed by atoms with Gasteiger partial charge in [-0.15, -0.1) is 0 Å². The number of rotatable bonds is 3. The third-order valence-corrected chi connectivity index (χ3v) is 2.89. The summed E-state index contributed by atoms with van der Waals surface area (Å²) in [5.74, 6) is -5.61. The van der Waals surface area contributed by atoms with Crippen molar-refractivity contribution in [3.8, 4) is 0 Å². The van der Waals surface area contributed by atoms with Crippen LogP contribution in [0.5, 0.6) is 0 Å². The van der Waals surface area contributed by atoms with Gasteiger partial charge in [0.15, 0.2) is 23.3 Å². The molecule has 0 heterocycles. The van der Waals surface area contributed by atoms with Gasteiger partial charge in [0.05, 0.1) is 6.10 Å². The average molecular weight is 249 g/mol. The van der Waals surface area contributed by atoms with E-state index >= 15 is 0 Å². The summed E-state index contributed by atoms with van der Waals surface area (Å²) in [6, 6.07) is -0.0423. The van der Waals surface area contributed by atoms with Crippen LogP contribution >= 0.6 is 0 Å². The van der Waals surface area contributed by atoms with Crippen LogP contribution < -0.4 is 5.32 Å². The third kappa shape index (κ3) is 2.22. The van der Waals surface area contributed by atoms with Gasteiger partial charge >= 0.3 is 0 Å². The van der Waals surface area contributed by atoms with Crippen molar-refractivity contribution in [3.63, 3.8) is 0 Å². The number of ether oxygens (including phenoxy) is 1. The number of halogens is 4. The lowest BCUT2D eigenvalue weighted by atomic mass is 9.89.